The first-order valence-electron chi connectivity index (χ1n) is 5.80. The molecule has 1 unspecified atom stereocenters. The van der Waals surface area contributed by atoms with Crippen LogP contribution in [0.5, 0.6) is 5.75 Å². The minimum absolute atomic E-state index is 0.0930. The van der Waals surface area contributed by atoms with Gasteiger partial charge in [0.15, 0.2) is 9.84 Å². The summed E-state index contributed by atoms with van der Waals surface area (Å²) in [5.74, 6) is -0.00839. The lowest BCUT2D eigenvalue weighted by Gasteiger charge is -2.19. The molecule has 18 heavy (non-hydrogen) atoms. The number of hydrogen-bond acceptors (Lipinski definition) is 4. The lowest BCUT2D eigenvalue weighted by Crippen LogP contribution is -2.26. The third-order valence-electron chi connectivity index (χ3n) is 3.02. The zero-order chi connectivity index (χ0) is 13.2. The van der Waals surface area contributed by atoms with Gasteiger partial charge in [0, 0.05) is 5.56 Å². The Bertz CT molecular complexity index is 530. The molecule has 0 aliphatic carbocycles. The van der Waals surface area contributed by atoms with Gasteiger partial charge in [0.25, 0.3) is 0 Å². The van der Waals surface area contributed by atoms with Gasteiger partial charge in [-0.1, -0.05) is 6.07 Å². The number of hydrogen-bond donors (Lipinski definition) is 1. The van der Waals surface area contributed by atoms with Gasteiger partial charge < -0.3 is 10.1 Å². The minimum Gasteiger partial charge on any atom is -0.496 e. The Labute approximate surface area is 106 Å². The Hall–Kier alpha value is -1.14. The highest BCUT2D eigenvalue weighted by molar-refractivity contribution is 7.91. The summed E-state index contributed by atoms with van der Waals surface area (Å²) < 4.78 is 42.5. The number of benzene rings is 1. The lowest BCUT2D eigenvalue weighted by atomic mass is 10.1. The first kappa shape index (κ1) is 13.3. The van der Waals surface area contributed by atoms with Crippen LogP contribution in [0.25, 0.3) is 0 Å². The highest BCUT2D eigenvalue weighted by Crippen LogP contribution is 2.29. The SMILES string of the molecule is COc1cccc(F)c1C1CS(=O)(=O)CCCN1. The predicted octanol–water partition coefficient (Wildman–Crippen LogP) is 1.28. The highest BCUT2D eigenvalue weighted by Gasteiger charge is 2.27. The fraction of sp³-hybridized carbons (Fsp3) is 0.500. The van der Waals surface area contributed by atoms with Crippen LogP contribution in [-0.2, 0) is 9.84 Å². The van der Waals surface area contributed by atoms with Crippen molar-refractivity contribution in [1.82, 2.24) is 5.32 Å². The van der Waals surface area contributed by atoms with E-state index in [1.165, 1.54) is 13.2 Å². The van der Waals surface area contributed by atoms with Crippen molar-refractivity contribution in [3.63, 3.8) is 0 Å². The first-order chi connectivity index (χ1) is 8.53. The van der Waals surface area contributed by atoms with Crippen LogP contribution in [0.15, 0.2) is 18.2 Å². The number of halogens is 1. The summed E-state index contributed by atoms with van der Waals surface area (Å²) in [6.07, 6.45) is 0.551. The van der Waals surface area contributed by atoms with Crippen LogP contribution in [0.1, 0.15) is 18.0 Å². The normalized spacial score (nSPS) is 23.3. The van der Waals surface area contributed by atoms with Gasteiger partial charge in [-0.15, -0.1) is 0 Å². The van der Waals surface area contributed by atoms with Crippen LogP contribution in [0.4, 0.5) is 4.39 Å². The maximum absolute atomic E-state index is 13.9. The van der Waals surface area contributed by atoms with Crippen molar-refractivity contribution in [2.24, 2.45) is 0 Å². The summed E-state index contributed by atoms with van der Waals surface area (Å²) in [5.41, 5.74) is 0.297. The monoisotopic (exact) mass is 273 g/mol. The van der Waals surface area contributed by atoms with Gasteiger partial charge in [-0.25, -0.2) is 12.8 Å². The summed E-state index contributed by atoms with van der Waals surface area (Å²) in [7, 11) is -1.70. The fourth-order valence-electron chi connectivity index (χ4n) is 2.18. The molecule has 1 heterocycles. The molecule has 1 aromatic carbocycles. The lowest BCUT2D eigenvalue weighted by molar-refractivity contribution is 0.394. The standard InChI is InChI=1S/C12H16FNO3S/c1-17-11-5-2-4-9(13)12(11)10-8-18(15,16)7-3-6-14-10/h2,4-5,10,14H,3,6-8H2,1H3. The maximum atomic E-state index is 13.9. The van der Waals surface area contributed by atoms with E-state index in [1.807, 2.05) is 0 Å². The second-order valence-corrected chi connectivity index (χ2v) is 6.56. The molecule has 4 nitrogen and oxygen atoms in total. The van der Waals surface area contributed by atoms with E-state index < -0.39 is 21.7 Å². The molecule has 0 amide bonds. The Morgan fingerprint density at radius 2 is 2.22 bits per heavy atom. The van der Waals surface area contributed by atoms with E-state index in [1.54, 1.807) is 12.1 Å². The summed E-state index contributed by atoms with van der Waals surface area (Å²) >= 11 is 0. The maximum Gasteiger partial charge on any atom is 0.152 e. The van der Waals surface area contributed by atoms with Gasteiger partial charge in [-0.05, 0) is 25.1 Å². The molecule has 1 saturated heterocycles. The van der Waals surface area contributed by atoms with Crippen LogP contribution < -0.4 is 10.1 Å². The summed E-state index contributed by atoms with van der Waals surface area (Å²) in [4.78, 5) is 0. The van der Waals surface area contributed by atoms with Gasteiger partial charge >= 0.3 is 0 Å². The topological polar surface area (TPSA) is 55.4 Å². The molecule has 0 spiro atoms. The van der Waals surface area contributed by atoms with Crippen LogP contribution in [0.2, 0.25) is 0 Å². The van der Waals surface area contributed by atoms with Crippen molar-refractivity contribution in [3.8, 4) is 5.75 Å². The molecule has 1 aliphatic rings. The van der Waals surface area contributed by atoms with Gasteiger partial charge in [0.05, 0.1) is 24.7 Å². The Morgan fingerprint density at radius 1 is 1.44 bits per heavy atom. The second-order valence-electron chi connectivity index (χ2n) is 4.33. The van der Waals surface area contributed by atoms with E-state index in [9.17, 15) is 12.8 Å². The number of nitrogens with one attached hydrogen (secondary N) is 1. The van der Waals surface area contributed by atoms with E-state index in [4.69, 9.17) is 4.74 Å². The van der Waals surface area contributed by atoms with Crippen LogP contribution in [-0.4, -0.2) is 33.6 Å². The molecule has 0 radical (unpaired) electrons. The zero-order valence-electron chi connectivity index (χ0n) is 10.1. The minimum atomic E-state index is -3.14. The number of methoxy groups -OCH3 is 1. The Morgan fingerprint density at radius 3 is 2.94 bits per heavy atom. The first-order valence-corrected chi connectivity index (χ1v) is 7.62. The van der Waals surface area contributed by atoms with Crippen molar-refractivity contribution >= 4 is 9.84 Å². The Balaban J connectivity index is 2.41. The average molecular weight is 273 g/mol. The zero-order valence-corrected chi connectivity index (χ0v) is 11.0. The van der Waals surface area contributed by atoms with Crippen molar-refractivity contribution in [1.29, 1.82) is 0 Å². The van der Waals surface area contributed by atoms with E-state index in [-0.39, 0.29) is 11.5 Å². The third-order valence-corrected chi connectivity index (χ3v) is 4.78. The molecule has 1 aromatic rings. The molecule has 1 aliphatic heterocycles. The van der Waals surface area contributed by atoms with Gasteiger partial charge in [-0.3, -0.25) is 0 Å². The molecule has 100 valence electrons. The van der Waals surface area contributed by atoms with Crippen LogP contribution in [0.3, 0.4) is 0 Å². The molecular formula is C12H16FNO3S. The van der Waals surface area contributed by atoms with Crippen LogP contribution in [0, 0.1) is 5.82 Å². The van der Waals surface area contributed by atoms with Crippen molar-refractivity contribution in [2.75, 3.05) is 25.2 Å². The van der Waals surface area contributed by atoms with Gasteiger partial charge in [-0.2, -0.15) is 0 Å². The largest absolute Gasteiger partial charge is 0.496 e. The quantitative estimate of drug-likeness (QED) is 0.882. The molecule has 1 atom stereocenters. The molecule has 1 N–H and O–H groups in total. The molecular weight excluding hydrogens is 257 g/mol. The van der Waals surface area contributed by atoms with Crippen molar-refractivity contribution in [3.05, 3.63) is 29.6 Å². The summed E-state index contributed by atoms with van der Waals surface area (Å²) in [6.45, 7) is 0.557. The van der Waals surface area contributed by atoms with E-state index in [0.717, 1.165) is 0 Å². The smallest absolute Gasteiger partial charge is 0.152 e. The molecule has 2 rings (SSSR count). The number of sulfone groups is 1. The van der Waals surface area contributed by atoms with E-state index in [2.05, 4.69) is 5.32 Å². The second kappa shape index (κ2) is 5.24. The molecule has 6 heteroatoms. The molecule has 0 aromatic heterocycles. The summed E-state index contributed by atoms with van der Waals surface area (Å²) in [6, 6.07) is 3.95. The molecule has 0 bridgehead atoms. The van der Waals surface area contributed by atoms with Crippen LogP contribution >= 0.6 is 0 Å². The molecule has 1 fully saturated rings. The van der Waals surface area contributed by atoms with Crippen molar-refractivity contribution < 1.29 is 17.5 Å². The molecule has 0 saturated carbocycles. The van der Waals surface area contributed by atoms with Gasteiger partial charge in [0.2, 0.25) is 0 Å². The van der Waals surface area contributed by atoms with Crippen molar-refractivity contribution in [2.45, 2.75) is 12.5 Å². The van der Waals surface area contributed by atoms with E-state index >= 15 is 0 Å². The predicted molar refractivity (Wildman–Crippen MR) is 67.0 cm³/mol. The number of ether oxygens (including phenoxy) is 1. The van der Waals surface area contributed by atoms with Gasteiger partial charge in [0.1, 0.15) is 11.6 Å². The Kier molecular flexibility index (Phi) is 3.87. The van der Waals surface area contributed by atoms with E-state index in [0.29, 0.717) is 24.3 Å². The third kappa shape index (κ3) is 2.81. The fourth-order valence-corrected chi connectivity index (χ4v) is 3.73. The summed E-state index contributed by atoms with van der Waals surface area (Å²) in [5, 5.41) is 3.07. The average Bonchev–Trinajstić information content (AvgIpc) is 2.49. The highest BCUT2D eigenvalue weighted by atomic mass is 32.2. The number of rotatable bonds is 2.